The van der Waals surface area contributed by atoms with Crippen molar-refractivity contribution in [3.63, 3.8) is 0 Å². The molecule has 0 unspecified atom stereocenters. The van der Waals surface area contributed by atoms with Crippen LogP contribution >= 0.6 is 23.5 Å². The van der Waals surface area contributed by atoms with E-state index in [0.29, 0.717) is 0 Å². The molecule has 1 amide bonds. The number of hydrogen-bond acceptors (Lipinski definition) is 4. The van der Waals surface area contributed by atoms with Crippen LogP contribution in [0.3, 0.4) is 0 Å². The first-order valence-electron chi connectivity index (χ1n) is 4.76. The van der Waals surface area contributed by atoms with Gasteiger partial charge in [-0.2, -0.15) is 5.43 Å². The van der Waals surface area contributed by atoms with Gasteiger partial charge in [0.05, 0.1) is 12.6 Å². The molecule has 0 saturated carbocycles. The number of hydrazine groups is 1. The molecule has 0 fully saturated rings. The first-order chi connectivity index (χ1) is 7.69. The first kappa shape index (κ1) is 13.1. The lowest BCUT2D eigenvalue weighted by atomic mass is 10.3. The van der Waals surface area contributed by atoms with Gasteiger partial charge >= 0.3 is 10.3 Å². The van der Waals surface area contributed by atoms with Crippen LogP contribution in [0.2, 0.25) is 0 Å². The van der Waals surface area contributed by atoms with Crippen LogP contribution in [0.15, 0.2) is 30.3 Å². The van der Waals surface area contributed by atoms with Gasteiger partial charge in [0.25, 0.3) is 0 Å². The summed E-state index contributed by atoms with van der Waals surface area (Å²) in [6.07, 6.45) is 3.91. The summed E-state index contributed by atoms with van der Waals surface area (Å²) in [6.45, 7) is 1.54. The number of hydrogen-bond donors (Lipinski definition) is 1. The van der Waals surface area contributed by atoms with Crippen LogP contribution in [0.4, 0.5) is 5.69 Å². The molecule has 0 aromatic heterocycles. The molecule has 1 rings (SSSR count). The summed E-state index contributed by atoms with van der Waals surface area (Å²) in [5, 5.41) is 0. The van der Waals surface area contributed by atoms with Gasteiger partial charge in [0, 0.05) is 0 Å². The standard InChI is InChI=1S/C11H15N2OS2/c1-9(14)13(11(15-2)16-3)12-10-7-5-4-6-8-10/h4-8,12H,1-3H3/q+1. The van der Waals surface area contributed by atoms with Crippen molar-refractivity contribution in [2.24, 2.45) is 0 Å². The van der Waals surface area contributed by atoms with Crippen LogP contribution in [-0.2, 0) is 4.79 Å². The van der Waals surface area contributed by atoms with E-state index < -0.39 is 0 Å². The molecule has 0 radical (unpaired) electrons. The quantitative estimate of drug-likeness (QED) is 0.381. The van der Waals surface area contributed by atoms with Crippen LogP contribution in [0.5, 0.6) is 0 Å². The molecule has 1 aromatic carbocycles. The highest BCUT2D eigenvalue weighted by Crippen LogP contribution is 2.13. The van der Waals surface area contributed by atoms with Crippen molar-refractivity contribution < 1.29 is 9.48 Å². The normalized spacial score (nSPS) is 9.69. The van der Waals surface area contributed by atoms with Crippen molar-refractivity contribution >= 4 is 39.5 Å². The lowest BCUT2D eigenvalue weighted by Crippen LogP contribution is -2.28. The Hall–Kier alpha value is -0.940. The fourth-order valence-corrected chi connectivity index (χ4v) is 2.54. The third-order valence-electron chi connectivity index (χ3n) is 1.86. The molecule has 5 heteroatoms. The maximum Gasteiger partial charge on any atom is 0.413 e. The molecule has 16 heavy (non-hydrogen) atoms. The smallest absolute Gasteiger partial charge is 0.217 e. The summed E-state index contributed by atoms with van der Waals surface area (Å²) in [5.74, 6) is -0.0254. The zero-order valence-electron chi connectivity index (χ0n) is 9.56. The number of rotatable bonds is 2. The van der Waals surface area contributed by atoms with E-state index in [0.717, 1.165) is 10.1 Å². The molecule has 0 spiro atoms. The molecule has 0 aliphatic heterocycles. The first-order valence-corrected chi connectivity index (χ1v) is 7.21. The number of benzene rings is 1. The highest BCUT2D eigenvalue weighted by molar-refractivity contribution is 8.38. The van der Waals surface area contributed by atoms with Gasteiger partial charge in [-0.3, -0.25) is 0 Å². The molecule has 3 nitrogen and oxygen atoms in total. The van der Waals surface area contributed by atoms with Crippen LogP contribution in [0.1, 0.15) is 6.92 Å². The number of amides is 1. The average Bonchev–Trinajstić information content (AvgIpc) is 2.30. The molecule has 0 aliphatic carbocycles. The molecule has 0 heterocycles. The SMILES string of the molecule is CSC(SC)=[N+](Nc1ccccc1)C(C)=O. The zero-order valence-corrected chi connectivity index (χ0v) is 11.2. The predicted molar refractivity (Wildman–Crippen MR) is 73.0 cm³/mol. The minimum Gasteiger partial charge on any atom is -0.217 e. The number of carbonyl (C=O) groups is 1. The Morgan fingerprint density at radius 1 is 1.19 bits per heavy atom. The number of para-hydroxylation sites is 1. The zero-order chi connectivity index (χ0) is 12.0. The van der Waals surface area contributed by atoms with E-state index in [-0.39, 0.29) is 5.91 Å². The number of hydrazone groups is 1. The van der Waals surface area contributed by atoms with Gasteiger partial charge in [0.2, 0.25) is 0 Å². The van der Waals surface area contributed by atoms with Crippen molar-refractivity contribution in [1.82, 2.24) is 0 Å². The molecular weight excluding hydrogens is 240 g/mol. The van der Waals surface area contributed by atoms with Crippen LogP contribution in [0, 0.1) is 0 Å². The van der Waals surface area contributed by atoms with Crippen LogP contribution in [0.25, 0.3) is 0 Å². The van der Waals surface area contributed by atoms with E-state index in [1.807, 2.05) is 42.8 Å². The highest BCUT2D eigenvalue weighted by atomic mass is 32.2. The Labute approximate surface area is 104 Å². The monoisotopic (exact) mass is 255 g/mol. The fourth-order valence-electron chi connectivity index (χ4n) is 1.16. The van der Waals surface area contributed by atoms with E-state index in [9.17, 15) is 4.79 Å². The van der Waals surface area contributed by atoms with Gasteiger partial charge in [-0.05, 0) is 29.3 Å². The molecule has 1 aromatic rings. The summed E-state index contributed by atoms with van der Waals surface area (Å²) in [4.78, 5) is 11.5. The summed E-state index contributed by atoms with van der Waals surface area (Å²) in [6, 6.07) is 9.65. The molecule has 0 bridgehead atoms. The van der Waals surface area contributed by atoms with E-state index in [2.05, 4.69) is 5.43 Å². The Kier molecular flexibility index (Phi) is 5.42. The Balaban J connectivity index is 2.97. The number of nitrogens with zero attached hydrogens (tertiary/aromatic N) is 1. The molecule has 86 valence electrons. The van der Waals surface area contributed by atoms with Crippen molar-refractivity contribution in [2.45, 2.75) is 6.92 Å². The summed E-state index contributed by atoms with van der Waals surface area (Å²) >= 11 is 3.10. The second-order valence-corrected chi connectivity index (χ2v) is 4.85. The average molecular weight is 255 g/mol. The van der Waals surface area contributed by atoms with Gasteiger partial charge in [-0.25, -0.2) is 4.79 Å². The molecule has 0 atom stereocenters. The van der Waals surface area contributed by atoms with Crippen molar-refractivity contribution in [3.8, 4) is 0 Å². The third-order valence-corrected chi connectivity index (χ3v) is 3.93. The highest BCUT2D eigenvalue weighted by Gasteiger charge is 2.19. The van der Waals surface area contributed by atoms with E-state index >= 15 is 0 Å². The largest absolute Gasteiger partial charge is 0.413 e. The van der Waals surface area contributed by atoms with Gasteiger partial charge in [-0.15, -0.1) is 0 Å². The lowest BCUT2D eigenvalue weighted by Gasteiger charge is -2.04. The minimum atomic E-state index is -0.0254. The van der Waals surface area contributed by atoms with Crippen LogP contribution < -0.4 is 5.43 Å². The van der Waals surface area contributed by atoms with E-state index in [4.69, 9.17) is 0 Å². The van der Waals surface area contributed by atoms with Crippen molar-refractivity contribution in [3.05, 3.63) is 30.3 Å². The number of thioether (sulfide) groups is 2. The van der Waals surface area contributed by atoms with Gasteiger partial charge < -0.3 is 0 Å². The van der Waals surface area contributed by atoms with E-state index in [1.54, 1.807) is 35.1 Å². The maximum absolute atomic E-state index is 11.5. The predicted octanol–water partition coefficient (Wildman–Crippen LogP) is 2.65. The Morgan fingerprint density at radius 2 is 1.75 bits per heavy atom. The molecule has 0 aliphatic rings. The second kappa shape index (κ2) is 6.60. The molecule has 0 saturated heterocycles. The number of anilines is 1. The van der Waals surface area contributed by atoms with Crippen molar-refractivity contribution in [2.75, 3.05) is 17.9 Å². The topological polar surface area (TPSA) is 32.1 Å². The third kappa shape index (κ3) is 3.57. The van der Waals surface area contributed by atoms with Gasteiger partial charge in [0.15, 0.2) is 0 Å². The Bertz CT molecular complexity index is 384. The van der Waals surface area contributed by atoms with Gasteiger partial charge in [-0.1, -0.05) is 41.7 Å². The number of nitrogens with one attached hydrogen (secondary N) is 1. The summed E-state index contributed by atoms with van der Waals surface area (Å²) < 4.78 is 2.49. The molecule has 1 N–H and O–H groups in total. The Morgan fingerprint density at radius 3 is 2.19 bits per heavy atom. The summed E-state index contributed by atoms with van der Waals surface area (Å²) in [7, 11) is 0. The summed E-state index contributed by atoms with van der Waals surface area (Å²) in [5.41, 5.74) is 3.99. The fraction of sp³-hybridized carbons (Fsp3) is 0.273. The van der Waals surface area contributed by atoms with Crippen LogP contribution in [-0.4, -0.2) is 27.5 Å². The lowest BCUT2D eigenvalue weighted by molar-refractivity contribution is -0.410. The molecular formula is C11H15N2OS2+. The second-order valence-electron chi connectivity index (χ2n) is 3.01. The number of carbonyl (C=O) groups excluding carboxylic acids is 1. The maximum atomic E-state index is 11.5. The van der Waals surface area contributed by atoms with Crippen molar-refractivity contribution in [1.29, 1.82) is 0 Å². The minimum absolute atomic E-state index is 0.0254. The van der Waals surface area contributed by atoms with Gasteiger partial charge in [0.1, 0.15) is 0 Å². The van der Waals surface area contributed by atoms with E-state index in [1.165, 1.54) is 0 Å².